The molecule has 0 atom stereocenters. The first kappa shape index (κ1) is 18.3. The number of pyridine rings is 1. The maximum absolute atomic E-state index is 12.3. The number of nitrogens with zero attached hydrogens (tertiary/aromatic N) is 1. The van der Waals surface area contributed by atoms with Gasteiger partial charge in [-0.1, -0.05) is 12.1 Å². The van der Waals surface area contributed by atoms with E-state index in [-0.39, 0.29) is 29.9 Å². The van der Waals surface area contributed by atoms with Crippen LogP contribution in [0.2, 0.25) is 0 Å². The van der Waals surface area contributed by atoms with E-state index >= 15 is 0 Å². The molecule has 2 rings (SSSR count). The second-order valence-corrected chi connectivity index (χ2v) is 5.27. The highest BCUT2D eigenvalue weighted by Crippen LogP contribution is 2.16. The summed E-state index contributed by atoms with van der Waals surface area (Å²) in [5.74, 6) is -0.364. The smallest absolute Gasteiger partial charge is 0.387 e. The highest BCUT2D eigenvalue weighted by atomic mass is 19.3. The fraction of sp³-hybridized carbons (Fsp3) is 0.235. The Balaban J connectivity index is 2.05. The lowest BCUT2D eigenvalue weighted by Gasteiger charge is -2.10. The Morgan fingerprint density at radius 1 is 1.24 bits per heavy atom. The van der Waals surface area contributed by atoms with E-state index in [0.717, 1.165) is 0 Å². The van der Waals surface area contributed by atoms with Crippen LogP contribution < -0.4 is 15.4 Å². The molecule has 0 saturated carbocycles. The number of amides is 2. The molecule has 0 radical (unpaired) electrons. The molecule has 25 heavy (non-hydrogen) atoms. The highest BCUT2D eigenvalue weighted by molar-refractivity contribution is 5.96. The first-order chi connectivity index (χ1) is 11.8. The molecule has 0 fully saturated rings. The van der Waals surface area contributed by atoms with Gasteiger partial charge >= 0.3 is 6.61 Å². The summed E-state index contributed by atoms with van der Waals surface area (Å²) in [4.78, 5) is 27.5. The molecule has 0 aliphatic heterocycles. The fourth-order valence-electron chi connectivity index (χ4n) is 2.16. The van der Waals surface area contributed by atoms with Crippen LogP contribution in [0.15, 0.2) is 36.4 Å². The first-order valence-electron chi connectivity index (χ1n) is 7.41. The molecule has 2 N–H and O–H groups in total. The van der Waals surface area contributed by atoms with Gasteiger partial charge in [0, 0.05) is 24.7 Å². The topological polar surface area (TPSA) is 80.3 Å². The molecule has 0 unspecified atom stereocenters. The van der Waals surface area contributed by atoms with E-state index in [2.05, 4.69) is 20.4 Å². The number of benzene rings is 1. The maximum atomic E-state index is 12.3. The number of hydrogen-bond acceptors (Lipinski definition) is 4. The maximum Gasteiger partial charge on any atom is 0.387 e. The predicted molar refractivity (Wildman–Crippen MR) is 87.5 cm³/mol. The number of carbonyl (C=O) groups excluding carboxylic acids is 2. The summed E-state index contributed by atoms with van der Waals surface area (Å²) < 4.78 is 28.8. The van der Waals surface area contributed by atoms with Crippen molar-refractivity contribution in [1.29, 1.82) is 0 Å². The van der Waals surface area contributed by atoms with Gasteiger partial charge in [-0.25, -0.2) is 4.98 Å². The van der Waals surface area contributed by atoms with Crippen LogP contribution in [0.5, 0.6) is 5.75 Å². The lowest BCUT2D eigenvalue weighted by atomic mass is 10.2. The van der Waals surface area contributed by atoms with E-state index in [1.165, 1.54) is 25.1 Å². The van der Waals surface area contributed by atoms with Gasteiger partial charge < -0.3 is 15.4 Å². The third-order valence-corrected chi connectivity index (χ3v) is 3.10. The number of hydrogen-bond donors (Lipinski definition) is 2. The molecule has 0 aliphatic rings. The lowest BCUT2D eigenvalue weighted by molar-refractivity contribution is -0.114. The molecule has 0 saturated heterocycles. The molecule has 8 heteroatoms. The van der Waals surface area contributed by atoms with Gasteiger partial charge in [0.25, 0.3) is 5.91 Å². The van der Waals surface area contributed by atoms with E-state index in [9.17, 15) is 18.4 Å². The minimum absolute atomic E-state index is 0.0226. The second-order valence-electron chi connectivity index (χ2n) is 5.27. The fourth-order valence-corrected chi connectivity index (χ4v) is 2.16. The van der Waals surface area contributed by atoms with Gasteiger partial charge in [0.15, 0.2) is 0 Å². The van der Waals surface area contributed by atoms with E-state index < -0.39 is 6.61 Å². The molecule has 1 heterocycles. The number of halogens is 2. The average Bonchev–Trinajstić information content (AvgIpc) is 2.51. The zero-order valence-electron chi connectivity index (χ0n) is 13.7. The van der Waals surface area contributed by atoms with Crippen molar-refractivity contribution in [3.05, 3.63) is 53.2 Å². The Bertz CT molecular complexity index is 781. The zero-order valence-corrected chi connectivity index (χ0v) is 13.7. The quantitative estimate of drug-likeness (QED) is 0.840. The Kier molecular flexibility index (Phi) is 5.99. The summed E-state index contributed by atoms with van der Waals surface area (Å²) in [5.41, 5.74) is 1.51. The monoisotopic (exact) mass is 349 g/mol. The van der Waals surface area contributed by atoms with Gasteiger partial charge in [0.1, 0.15) is 11.6 Å². The normalized spacial score (nSPS) is 10.4. The van der Waals surface area contributed by atoms with Crippen molar-refractivity contribution in [2.24, 2.45) is 0 Å². The van der Waals surface area contributed by atoms with E-state index in [1.54, 1.807) is 25.1 Å². The van der Waals surface area contributed by atoms with Gasteiger partial charge in [0.05, 0.1) is 0 Å². The second kappa shape index (κ2) is 8.18. The van der Waals surface area contributed by atoms with Crippen LogP contribution in [0.4, 0.5) is 14.6 Å². The number of carbonyl (C=O) groups is 2. The van der Waals surface area contributed by atoms with Crippen molar-refractivity contribution in [2.45, 2.75) is 27.0 Å². The molecule has 1 aromatic carbocycles. The minimum atomic E-state index is -2.91. The van der Waals surface area contributed by atoms with E-state index in [0.29, 0.717) is 16.8 Å². The number of ether oxygens (including phenoxy) is 1. The van der Waals surface area contributed by atoms with Crippen molar-refractivity contribution in [2.75, 3.05) is 5.32 Å². The Hall–Kier alpha value is -3.03. The average molecular weight is 349 g/mol. The number of aromatic nitrogens is 1. The van der Waals surface area contributed by atoms with Gasteiger partial charge in [-0.15, -0.1) is 0 Å². The van der Waals surface area contributed by atoms with Gasteiger partial charge in [0.2, 0.25) is 5.91 Å². The molecule has 0 aliphatic carbocycles. The van der Waals surface area contributed by atoms with Gasteiger partial charge in [-0.2, -0.15) is 8.78 Å². The molecular formula is C17H17F2N3O3. The summed E-state index contributed by atoms with van der Waals surface area (Å²) in [5, 5.41) is 5.20. The summed E-state index contributed by atoms with van der Waals surface area (Å²) >= 11 is 0. The van der Waals surface area contributed by atoms with E-state index in [1.807, 2.05) is 0 Å². The molecule has 2 amide bonds. The molecule has 6 nitrogen and oxygen atoms in total. The number of nitrogens with one attached hydrogen (secondary N) is 2. The van der Waals surface area contributed by atoms with Crippen LogP contribution in [0.1, 0.15) is 28.5 Å². The minimum Gasteiger partial charge on any atom is -0.435 e. The summed E-state index contributed by atoms with van der Waals surface area (Å²) in [6.07, 6.45) is 0. The highest BCUT2D eigenvalue weighted by Gasteiger charge is 2.10. The van der Waals surface area contributed by atoms with Gasteiger partial charge in [-0.3, -0.25) is 9.59 Å². The molecule has 132 valence electrons. The van der Waals surface area contributed by atoms with Crippen molar-refractivity contribution in [1.82, 2.24) is 10.3 Å². The van der Waals surface area contributed by atoms with Crippen LogP contribution in [0.3, 0.4) is 0 Å². The zero-order chi connectivity index (χ0) is 18.4. The van der Waals surface area contributed by atoms with Crippen molar-refractivity contribution >= 4 is 17.6 Å². The molecule has 1 aromatic heterocycles. The third-order valence-electron chi connectivity index (χ3n) is 3.10. The van der Waals surface area contributed by atoms with Crippen LogP contribution in [0.25, 0.3) is 0 Å². The van der Waals surface area contributed by atoms with Gasteiger partial charge in [-0.05, 0) is 36.8 Å². The van der Waals surface area contributed by atoms with Crippen molar-refractivity contribution < 1.29 is 23.1 Å². The van der Waals surface area contributed by atoms with Crippen LogP contribution in [-0.4, -0.2) is 23.4 Å². The first-order valence-corrected chi connectivity index (χ1v) is 7.41. The van der Waals surface area contributed by atoms with Crippen LogP contribution in [0, 0.1) is 6.92 Å². The summed E-state index contributed by atoms with van der Waals surface area (Å²) in [6.45, 7) is 0.276. The summed E-state index contributed by atoms with van der Waals surface area (Å²) in [6, 6.07) is 9.11. The van der Waals surface area contributed by atoms with Crippen molar-refractivity contribution in [3.63, 3.8) is 0 Å². The summed E-state index contributed by atoms with van der Waals surface area (Å²) in [7, 11) is 0. The number of aryl methyl sites for hydroxylation is 1. The number of anilines is 1. The third kappa shape index (κ3) is 5.83. The molecule has 0 bridgehead atoms. The molecular weight excluding hydrogens is 332 g/mol. The van der Waals surface area contributed by atoms with Crippen LogP contribution >= 0.6 is 0 Å². The SMILES string of the molecule is CC(=O)Nc1cc(C(=O)NCc2cccc(OC(F)F)c2)cc(C)n1. The predicted octanol–water partition coefficient (Wildman–Crippen LogP) is 2.88. The Morgan fingerprint density at radius 3 is 2.68 bits per heavy atom. The Labute approximate surface area is 143 Å². The number of rotatable bonds is 6. The van der Waals surface area contributed by atoms with E-state index in [4.69, 9.17) is 0 Å². The molecule has 2 aromatic rings. The number of alkyl halides is 2. The van der Waals surface area contributed by atoms with Crippen LogP contribution in [-0.2, 0) is 11.3 Å². The molecule has 0 spiro atoms. The largest absolute Gasteiger partial charge is 0.435 e. The standard InChI is InChI=1S/C17H17F2N3O3/c1-10-6-13(8-15(21-10)22-11(2)23)16(24)20-9-12-4-3-5-14(7-12)25-17(18)19/h3-8,17H,9H2,1-2H3,(H,20,24)(H,21,22,23). The van der Waals surface area contributed by atoms with Crippen molar-refractivity contribution in [3.8, 4) is 5.75 Å². The lowest BCUT2D eigenvalue weighted by Crippen LogP contribution is -2.23. The Morgan fingerprint density at radius 2 is 2.00 bits per heavy atom.